The largest absolute Gasteiger partial charge is 0.512 e. The molecule has 8 nitrogen and oxygen atoms in total. The second-order valence-corrected chi connectivity index (χ2v) is 11.1. The lowest BCUT2D eigenvalue weighted by atomic mass is 9.86. The number of aliphatic hydroxyl groups is 2. The maximum atomic E-state index is 14.4. The van der Waals surface area contributed by atoms with Crippen molar-refractivity contribution in [3.8, 4) is 5.75 Å². The zero-order chi connectivity index (χ0) is 29.6. The van der Waals surface area contributed by atoms with Gasteiger partial charge >= 0.3 is 5.97 Å². The lowest BCUT2D eigenvalue weighted by molar-refractivity contribution is 0.00670. The minimum absolute atomic E-state index is 0.0322. The van der Waals surface area contributed by atoms with Crippen molar-refractivity contribution in [2.45, 2.75) is 18.4 Å². The molecule has 214 valence electrons. The molecule has 0 spiro atoms. The molecule has 0 unspecified atom stereocenters. The number of halogens is 5. The fourth-order valence-electron chi connectivity index (χ4n) is 4.61. The van der Waals surface area contributed by atoms with Gasteiger partial charge in [0.15, 0.2) is 11.6 Å². The van der Waals surface area contributed by atoms with Gasteiger partial charge in [-0.3, -0.25) is 5.41 Å². The standard InChI is InChI=1S/C28H22Cl3F2N3O5/c29-19-8-16(3-4-18(19)28(40)11-36(12-28)26-22(33)5-14(9-35-26)27(38)39)41-10-17(25(37)13-1-2-13)24(34)23-20(30)6-15(32)7-21(23)31/h3-9,13,34,37,40H,1-2,10-12H2,(H,38,39)/b25-17-,34-24?. The molecule has 1 saturated carbocycles. The monoisotopic (exact) mass is 623 g/mol. The Labute approximate surface area is 247 Å². The van der Waals surface area contributed by atoms with Gasteiger partial charge in [-0.05, 0) is 43.2 Å². The van der Waals surface area contributed by atoms with Crippen LogP contribution in [0.2, 0.25) is 15.1 Å². The van der Waals surface area contributed by atoms with Crippen LogP contribution in [-0.4, -0.2) is 51.7 Å². The number of carboxylic acids is 1. The molecule has 4 N–H and O–H groups in total. The van der Waals surface area contributed by atoms with E-state index in [1.807, 2.05) is 0 Å². The predicted molar refractivity (Wildman–Crippen MR) is 150 cm³/mol. The summed E-state index contributed by atoms with van der Waals surface area (Å²) in [6, 6.07) is 7.49. The highest BCUT2D eigenvalue weighted by Crippen LogP contribution is 2.41. The van der Waals surface area contributed by atoms with Crippen LogP contribution < -0.4 is 9.64 Å². The fraction of sp³-hybridized carbons (Fsp3) is 0.250. The summed E-state index contributed by atoms with van der Waals surface area (Å²) in [7, 11) is 0. The van der Waals surface area contributed by atoms with Crippen molar-refractivity contribution in [3.05, 3.63) is 97.3 Å². The summed E-state index contributed by atoms with van der Waals surface area (Å²) in [5.74, 6) is -2.76. The van der Waals surface area contributed by atoms with E-state index in [-0.39, 0.29) is 80.4 Å². The third-order valence-corrected chi connectivity index (χ3v) is 7.84. The van der Waals surface area contributed by atoms with Crippen molar-refractivity contribution in [1.29, 1.82) is 5.41 Å². The molecule has 0 amide bonds. The van der Waals surface area contributed by atoms with Crippen LogP contribution in [0.15, 0.2) is 53.9 Å². The first-order valence-corrected chi connectivity index (χ1v) is 13.5. The highest BCUT2D eigenvalue weighted by molar-refractivity contribution is 6.41. The average molecular weight is 625 g/mol. The van der Waals surface area contributed by atoms with E-state index in [0.717, 1.165) is 37.2 Å². The first-order chi connectivity index (χ1) is 19.4. The predicted octanol–water partition coefficient (Wildman–Crippen LogP) is 6.39. The fourth-order valence-corrected chi connectivity index (χ4v) is 5.61. The summed E-state index contributed by atoms with van der Waals surface area (Å²) in [4.78, 5) is 16.3. The van der Waals surface area contributed by atoms with Crippen LogP contribution in [0.25, 0.3) is 0 Å². The molecule has 41 heavy (non-hydrogen) atoms. The van der Waals surface area contributed by atoms with Crippen molar-refractivity contribution in [2.75, 3.05) is 24.6 Å². The van der Waals surface area contributed by atoms with Gasteiger partial charge in [0.05, 0.1) is 45.0 Å². The van der Waals surface area contributed by atoms with Crippen LogP contribution in [0.4, 0.5) is 14.6 Å². The summed E-state index contributed by atoms with van der Waals surface area (Å²) in [6.07, 6.45) is 2.53. The molecule has 0 atom stereocenters. The van der Waals surface area contributed by atoms with Crippen molar-refractivity contribution in [2.24, 2.45) is 5.92 Å². The number of aliphatic hydroxyl groups excluding tert-OH is 1. The van der Waals surface area contributed by atoms with Crippen LogP contribution >= 0.6 is 34.8 Å². The molecule has 0 radical (unpaired) electrons. The molecule has 13 heteroatoms. The molecule has 1 aliphatic carbocycles. The molecule has 0 bridgehead atoms. The number of rotatable bonds is 9. The number of aromatic carboxylic acids is 1. The summed E-state index contributed by atoms with van der Waals surface area (Å²) in [5, 5.41) is 39.6. The number of carbonyl (C=O) groups is 1. The highest BCUT2D eigenvalue weighted by Gasteiger charge is 2.45. The lowest BCUT2D eigenvalue weighted by Crippen LogP contribution is -2.60. The number of carboxylic acid groups (broad SMARTS) is 1. The van der Waals surface area contributed by atoms with Gasteiger partial charge in [0, 0.05) is 23.2 Å². The van der Waals surface area contributed by atoms with Gasteiger partial charge in [0.2, 0.25) is 0 Å². The Morgan fingerprint density at radius 2 is 1.73 bits per heavy atom. The molecule has 3 aromatic rings. The molecule has 2 aliphatic rings. The van der Waals surface area contributed by atoms with Gasteiger partial charge in [-0.2, -0.15) is 0 Å². The molecule has 1 aromatic heterocycles. The zero-order valence-electron chi connectivity index (χ0n) is 21.1. The quantitative estimate of drug-likeness (QED) is 0.160. The van der Waals surface area contributed by atoms with Gasteiger partial charge in [0.1, 0.15) is 29.5 Å². The molecule has 1 aliphatic heterocycles. The Bertz CT molecular complexity index is 1580. The van der Waals surface area contributed by atoms with E-state index in [1.54, 1.807) is 12.1 Å². The minimum Gasteiger partial charge on any atom is -0.512 e. The summed E-state index contributed by atoms with van der Waals surface area (Å²) >= 11 is 18.8. The molecule has 2 fully saturated rings. The number of aromatic nitrogens is 1. The van der Waals surface area contributed by atoms with E-state index >= 15 is 0 Å². The smallest absolute Gasteiger partial charge is 0.337 e. The second kappa shape index (κ2) is 11.1. The number of allylic oxidation sites excluding steroid dienone is 1. The Hall–Kier alpha value is -3.44. The normalized spacial score (nSPS) is 16.6. The summed E-state index contributed by atoms with van der Waals surface area (Å²) < 4.78 is 33.9. The summed E-state index contributed by atoms with van der Waals surface area (Å²) in [5.41, 5.74) is -1.35. The Morgan fingerprint density at radius 3 is 2.29 bits per heavy atom. The zero-order valence-corrected chi connectivity index (χ0v) is 23.4. The first-order valence-electron chi connectivity index (χ1n) is 12.3. The Balaban J connectivity index is 1.31. The van der Waals surface area contributed by atoms with Gasteiger partial charge in [-0.1, -0.05) is 40.9 Å². The number of benzene rings is 2. The number of anilines is 1. The number of hydrogen-bond donors (Lipinski definition) is 4. The number of hydrogen-bond acceptors (Lipinski definition) is 7. The number of β-amino-alcohol motifs (C(OH)–C–C–N with tert-alkyl or cyclic N) is 1. The number of nitrogens with one attached hydrogen (secondary N) is 1. The maximum Gasteiger partial charge on any atom is 0.337 e. The minimum atomic E-state index is -1.43. The number of ether oxygens (including phenoxy) is 1. The van der Waals surface area contributed by atoms with Crippen molar-refractivity contribution in [1.82, 2.24) is 4.98 Å². The van der Waals surface area contributed by atoms with E-state index in [1.165, 1.54) is 11.0 Å². The van der Waals surface area contributed by atoms with Crippen molar-refractivity contribution < 1.29 is 33.6 Å². The van der Waals surface area contributed by atoms with E-state index < -0.39 is 23.2 Å². The van der Waals surface area contributed by atoms with Crippen LogP contribution in [0.5, 0.6) is 5.75 Å². The number of nitrogens with zero attached hydrogens (tertiary/aromatic N) is 2. The summed E-state index contributed by atoms with van der Waals surface area (Å²) in [6.45, 7) is -0.320. The van der Waals surface area contributed by atoms with Crippen LogP contribution in [-0.2, 0) is 5.60 Å². The third kappa shape index (κ3) is 5.83. The first kappa shape index (κ1) is 29.1. The molecule has 5 rings (SSSR count). The topological polar surface area (TPSA) is 127 Å². The van der Waals surface area contributed by atoms with E-state index in [4.69, 9.17) is 50.1 Å². The molecule has 2 heterocycles. The van der Waals surface area contributed by atoms with Gasteiger partial charge in [-0.25, -0.2) is 18.6 Å². The van der Waals surface area contributed by atoms with E-state index in [9.17, 15) is 23.8 Å². The van der Waals surface area contributed by atoms with Crippen LogP contribution in [0.1, 0.15) is 34.3 Å². The Kier molecular flexibility index (Phi) is 7.86. The average Bonchev–Trinajstić information content (AvgIpc) is 3.72. The van der Waals surface area contributed by atoms with Crippen molar-refractivity contribution in [3.63, 3.8) is 0 Å². The lowest BCUT2D eigenvalue weighted by Gasteiger charge is -2.47. The molecular weight excluding hydrogens is 603 g/mol. The van der Waals surface area contributed by atoms with Crippen LogP contribution in [0, 0.1) is 23.0 Å². The third-order valence-electron chi connectivity index (χ3n) is 6.93. The SMILES string of the molecule is N=C(/C(COc1ccc(C2(O)CN(c3ncc(C(=O)O)cc3F)C2)c(Cl)c1)=C(\O)C1CC1)c1c(Cl)cc(F)cc1Cl. The molecule has 1 saturated heterocycles. The van der Waals surface area contributed by atoms with Gasteiger partial charge in [-0.15, -0.1) is 0 Å². The highest BCUT2D eigenvalue weighted by atomic mass is 35.5. The van der Waals surface area contributed by atoms with Gasteiger partial charge in [0.25, 0.3) is 0 Å². The maximum absolute atomic E-state index is 14.4. The molecular formula is C28H22Cl3F2N3O5. The van der Waals surface area contributed by atoms with Crippen molar-refractivity contribution >= 4 is 52.3 Å². The van der Waals surface area contributed by atoms with E-state index in [0.29, 0.717) is 5.56 Å². The van der Waals surface area contributed by atoms with E-state index in [2.05, 4.69) is 4.98 Å². The van der Waals surface area contributed by atoms with Gasteiger partial charge < -0.3 is 25.0 Å². The van der Waals surface area contributed by atoms with Crippen LogP contribution in [0.3, 0.4) is 0 Å². The molecule has 2 aromatic carbocycles. The number of pyridine rings is 1. The second-order valence-electron chi connectivity index (χ2n) is 9.91. The Morgan fingerprint density at radius 1 is 1.07 bits per heavy atom.